The Bertz CT molecular complexity index is 187. The molecule has 0 bridgehead atoms. The van der Waals surface area contributed by atoms with E-state index in [0.717, 1.165) is 6.42 Å². The van der Waals surface area contributed by atoms with E-state index in [1.165, 1.54) is 6.92 Å². The van der Waals surface area contributed by atoms with E-state index >= 15 is 0 Å². The minimum absolute atomic E-state index is 0.0769. The molecular weight excluding hydrogens is 170 g/mol. The predicted octanol–water partition coefficient (Wildman–Crippen LogP) is -1.54. The molecule has 0 heterocycles. The van der Waals surface area contributed by atoms with Crippen LogP contribution in [0.2, 0.25) is 0 Å². The van der Waals surface area contributed by atoms with Gasteiger partial charge in [0, 0.05) is 13.5 Å². The maximum Gasteiger partial charge on any atom is 0.218 e. The van der Waals surface area contributed by atoms with Gasteiger partial charge in [0.05, 0.1) is 6.17 Å². The lowest BCUT2D eigenvalue weighted by atomic mass is 10.2. The fraction of sp³-hybridized carbons (Fsp3) is 0.714. The third-order valence-corrected chi connectivity index (χ3v) is 1.36. The molecule has 0 aromatic carbocycles. The third-order valence-electron chi connectivity index (χ3n) is 1.36. The molecule has 0 aromatic heterocycles. The maximum atomic E-state index is 10.5. The summed E-state index contributed by atoms with van der Waals surface area (Å²) < 4.78 is 0. The molecule has 0 saturated heterocycles. The van der Waals surface area contributed by atoms with Gasteiger partial charge in [-0.05, 0) is 12.8 Å². The SMILES string of the molecule is CC(=O)NC(N)CCCN=C(N)N. The number of hydrogen-bond acceptors (Lipinski definition) is 3. The molecule has 6 heteroatoms. The van der Waals surface area contributed by atoms with Crippen LogP contribution in [0.25, 0.3) is 0 Å². The summed E-state index contributed by atoms with van der Waals surface area (Å²) in [4.78, 5) is 14.3. The smallest absolute Gasteiger partial charge is 0.218 e. The lowest BCUT2D eigenvalue weighted by Crippen LogP contribution is -2.40. The van der Waals surface area contributed by atoms with Crippen LogP contribution in [-0.4, -0.2) is 24.6 Å². The van der Waals surface area contributed by atoms with Crippen molar-refractivity contribution in [2.24, 2.45) is 22.2 Å². The van der Waals surface area contributed by atoms with Crippen molar-refractivity contribution in [3.63, 3.8) is 0 Å². The number of amides is 1. The summed E-state index contributed by atoms with van der Waals surface area (Å²) in [5.74, 6) is -0.0533. The number of hydrogen-bond donors (Lipinski definition) is 4. The number of rotatable bonds is 5. The Kier molecular flexibility index (Phi) is 5.62. The van der Waals surface area contributed by atoms with E-state index in [9.17, 15) is 4.79 Å². The van der Waals surface area contributed by atoms with Crippen LogP contribution in [0.5, 0.6) is 0 Å². The van der Waals surface area contributed by atoms with Crippen molar-refractivity contribution < 1.29 is 4.79 Å². The molecule has 76 valence electrons. The fourth-order valence-corrected chi connectivity index (χ4v) is 0.853. The number of nitrogens with two attached hydrogens (primary N) is 3. The molecule has 0 aliphatic heterocycles. The molecule has 0 radical (unpaired) electrons. The molecule has 0 fully saturated rings. The van der Waals surface area contributed by atoms with Crippen molar-refractivity contribution in [3.8, 4) is 0 Å². The Balaban J connectivity index is 3.42. The second-order valence-corrected chi connectivity index (χ2v) is 2.76. The average molecular weight is 187 g/mol. The first-order valence-electron chi connectivity index (χ1n) is 4.10. The van der Waals surface area contributed by atoms with Crippen LogP contribution in [0.4, 0.5) is 0 Å². The molecular formula is C7H17N5O. The maximum absolute atomic E-state index is 10.5. The molecule has 1 amide bonds. The van der Waals surface area contributed by atoms with E-state index in [2.05, 4.69) is 10.3 Å². The van der Waals surface area contributed by atoms with Crippen molar-refractivity contribution >= 4 is 11.9 Å². The van der Waals surface area contributed by atoms with Gasteiger partial charge < -0.3 is 22.5 Å². The summed E-state index contributed by atoms with van der Waals surface area (Å²) in [6.07, 6.45) is 1.10. The Hall–Kier alpha value is -1.30. The minimum Gasteiger partial charge on any atom is -0.370 e. The van der Waals surface area contributed by atoms with Crippen molar-refractivity contribution in [1.82, 2.24) is 5.32 Å². The molecule has 0 aromatic rings. The topological polar surface area (TPSA) is 120 Å². The summed E-state index contributed by atoms with van der Waals surface area (Å²) >= 11 is 0. The molecule has 1 unspecified atom stereocenters. The highest BCUT2D eigenvalue weighted by atomic mass is 16.1. The first-order chi connectivity index (χ1) is 6.02. The monoisotopic (exact) mass is 187 g/mol. The van der Waals surface area contributed by atoms with Gasteiger partial charge in [-0.2, -0.15) is 0 Å². The minimum atomic E-state index is -0.313. The first-order valence-corrected chi connectivity index (χ1v) is 4.10. The Morgan fingerprint density at radius 1 is 1.54 bits per heavy atom. The normalized spacial score (nSPS) is 11.8. The number of aliphatic imine (C=N–C) groups is 1. The molecule has 13 heavy (non-hydrogen) atoms. The number of guanidine groups is 1. The van der Waals surface area contributed by atoms with E-state index in [-0.39, 0.29) is 18.0 Å². The molecule has 1 atom stereocenters. The second kappa shape index (κ2) is 6.24. The van der Waals surface area contributed by atoms with Gasteiger partial charge in [-0.3, -0.25) is 9.79 Å². The largest absolute Gasteiger partial charge is 0.370 e. The van der Waals surface area contributed by atoms with Gasteiger partial charge in [-0.25, -0.2) is 0 Å². The van der Waals surface area contributed by atoms with Crippen molar-refractivity contribution in [1.29, 1.82) is 0 Å². The Labute approximate surface area is 77.6 Å². The van der Waals surface area contributed by atoms with Crippen LogP contribution in [-0.2, 0) is 4.79 Å². The zero-order valence-corrected chi connectivity index (χ0v) is 7.79. The zero-order chi connectivity index (χ0) is 10.3. The standard InChI is InChI=1S/C7H17N5O/c1-5(13)12-6(8)3-2-4-11-7(9)10/h6H,2-4,8H2,1H3,(H,12,13)(H4,9,10,11). The second-order valence-electron chi connectivity index (χ2n) is 2.76. The number of carbonyl (C=O) groups excluding carboxylic acids is 1. The van der Waals surface area contributed by atoms with E-state index in [1.807, 2.05) is 0 Å². The fourth-order valence-electron chi connectivity index (χ4n) is 0.853. The van der Waals surface area contributed by atoms with E-state index < -0.39 is 0 Å². The molecule has 0 saturated carbocycles. The van der Waals surface area contributed by atoms with Gasteiger partial charge in [0.25, 0.3) is 0 Å². The van der Waals surface area contributed by atoms with Crippen molar-refractivity contribution in [3.05, 3.63) is 0 Å². The number of carbonyl (C=O) groups is 1. The highest BCUT2D eigenvalue weighted by Crippen LogP contribution is 1.91. The summed E-state index contributed by atoms with van der Waals surface area (Å²) in [5.41, 5.74) is 15.8. The van der Waals surface area contributed by atoms with E-state index in [4.69, 9.17) is 17.2 Å². The van der Waals surface area contributed by atoms with Crippen LogP contribution in [0.15, 0.2) is 4.99 Å². The Morgan fingerprint density at radius 2 is 2.15 bits per heavy atom. The molecule has 6 nitrogen and oxygen atoms in total. The zero-order valence-electron chi connectivity index (χ0n) is 7.79. The molecule has 0 spiro atoms. The van der Waals surface area contributed by atoms with Crippen LogP contribution in [0, 0.1) is 0 Å². The van der Waals surface area contributed by atoms with Crippen LogP contribution < -0.4 is 22.5 Å². The number of nitrogens with one attached hydrogen (secondary N) is 1. The highest BCUT2D eigenvalue weighted by Gasteiger charge is 2.01. The number of nitrogens with zero attached hydrogens (tertiary/aromatic N) is 1. The summed E-state index contributed by atoms with van der Waals surface area (Å²) in [5, 5.41) is 2.56. The van der Waals surface area contributed by atoms with Gasteiger partial charge in [0.1, 0.15) is 0 Å². The predicted molar refractivity (Wildman–Crippen MR) is 51.7 cm³/mol. The van der Waals surface area contributed by atoms with E-state index in [0.29, 0.717) is 13.0 Å². The van der Waals surface area contributed by atoms with Crippen molar-refractivity contribution in [2.75, 3.05) is 6.54 Å². The van der Waals surface area contributed by atoms with Gasteiger partial charge in [0.2, 0.25) is 5.91 Å². The average Bonchev–Trinajstić information content (AvgIpc) is 1.96. The van der Waals surface area contributed by atoms with Gasteiger partial charge in [-0.15, -0.1) is 0 Å². The van der Waals surface area contributed by atoms with Crippen LogP contribution >= 0.6 is 0 Å². The van der Waals surface area contributed by atoms with Crippen LogP contribution in [0.1, 0.15) is 19.8 Å². The van der Waals surface area contributed by atoms with Gasteiger partial charge in [-0.1, -0.05) is 0 Å². The molecule has 0 aliphatic rings. The first kappa shape index (κ1) is 11.7. The lowest BCUT2D eigenvalue weighted by Gasteiger charge is -2.10. The summed E-state index contributed by atoms with van der Waals surface area (Å²) in [7, 11) is 0. The van der Waals surface area contributed by atoms with Gasteiger partial charge >= 0.3 is 0 Å². The molecule has 0 rings (SSSR count). The highest BCUT2D eigenvalue weighted by molar-refractivity contribution is 5.75. The van der Waals surface area contributed by atoms with E-state index in [1.54, 1.807) is 0 Å². The summed E-state index contributed by atoms with van der Waals surface area (Å²) in [6.45, 7) is 1.96. The van der Waals surface area contributed by atoms with Crippen molar-refractivity contribution in [2.45, 2.75) is 25.9 Å². The summed E-state index contributed by atoms with van der Waals surface area (Å²) in [6, 6.07) is 0. The lowest BCUT2D eigenvalue weighted by molar-refractivity contribution is -0.119. The Morgan fingerprint density at radius 3 is 2.62 bits per heavy atom. The third kappa shape index (κ3) is 8.61. The molecule has 7 N–H and O–H groups in total. The van der Waals surface area contributed by atoms with Gasteiger partial charge in [0.15, 0.2) is 5.96 Å². The van der Waals surface area contributed by atoms with Crippen LogP contribution in [0.3, 0.4) is 0 Å². The quantitative estimate of drug-likeness (QED) is 0.180. The molecule has 0 aliphatic carbocycles.